The zero-order valence-electron chi connectivity index (χ0n) is 85.2. The Morgan fingerprint density at radius 2 is 0.696 bits per heavy atom. The van der Waals surface area contributed by atoms with Gasteiger partial charge in [-0.25, -0.2) is 24.9 Å². The fraction of sp³-hybridized carbons (Fsp3) is 0.706. The molecule has 5 heterocycles. The van der Waals surface area contributed by atoms with Gasteiger partial charge in [0.05, 0.1) is 36.6 Å². The summed E-state index contributed by atoms with van der Waals surface area (Å²) in [5, 5.41) is 27.7. The van der Waals surface area contributed by atoms with E-state index < -0.39 is 84.5 Å². The van der Waals surface area contributed by atoms with E-state index in [4.69, 9.17) is 51.5 Å². The summed E-state index contributed by atoms with van der Waals surface area (Å²) in [5.74, 6) is 2.16. The number of amides is 5. The highest BCUT2D eigenvalue weighted by atomic mass is 16.2. The van der Waals surface area contributed by atoms with Crippen LogP contribution in [0, 0.1) is 59.1 Å². The first-order chi connectivity index (χ1) is 58.4. The van der Waals surface area contributed by atoms with Gasteiger partial charge in [0, 0.05) is 97.9 Å². The average Bonchev–Trinajstić information content (AvgIpc) is 0.810. The second kappa shape index (κ2) is 41.0. The van der Waals surface area contributed by atoms with Crippen molar-refractivity contribution in [2.75, 3.05) is 47.9 Å². The van der Waals surface area contributed by atoms with E-state index in [1.54, 1.807) is 13.8 Å². The van der Waals surface area contributed by atoms with Gasteiger partial charge in [-0.3, -0.25) is 29.0 Å². The van der Waals surface area contributed by atoms with E-state index in [-0.39, 0.29) is 111 Å². The van der Waals surface area contributed by atoms with E-state index in [9.17, 15) is 24.0 Å². The third kappa shape index (κ3) is 32.1. The quantitative estimate of drug-likeness (QED) is 0.0365. The van der Waals surface area contributed by atoms with Crippen molar-refractivity contribution in [2.45, 2.75) is 327 Å². The molecule has 10 rings (SSSR count). The molecule has 20 N–H and O–H groups in total. The number of nitrogens with zero attached hydrogens (tertiary/aromatic N) is 10. The first-order valence-electron chi connectivity index (χ1n) is 47.0. The summed E-state index contributed by atoms with van der Waals surface area (Å²) in [6.45, 7) is 35.8. The summed E-state index contributed by atoms with van der Waals surface area (Å²) in [5.41, 5.74) is 24.2. The van der Waals surface area contributed by atoms with Gasteiger partial charge >= 0.3 is 0 Å². The zero-order valence-corrected chi connectivity index (χ0v) is 72.2. The lowest BCUT2D eigenvalue weighted by atomic mass is 9.79. The van der Waals surface area contributed by atoms with Gasteiger partial charge in [0.15, 0.2) is 0 Å². The molecule has 0 bridgehead atoms. The second-order valence-corrected chi connectivity index (χ2v) is 36.4. The van der Waals surface area contributed by atoms with E-state index in [1.165, 1.54) is 52.5 Å². The van der Waals surface area contributed by atoms with Gasteiger partial charge < -0.3 is 81.5 Å². The van der Waals surface area contributed by atoms with Crippen molar-refractivity contribution in [3.8, 4) is 0 Å². The Morgan fingerprint density at radius 1 is 0.383 bits per heavy atom. The number of rotatable bonds is 19. The van der Waals surface area contributed by atoms with Gasteiger partial charge in [-0.1, -0.05) is 69.2 Å². The molecule has 640 valence electrons. The largest absolute Gasteiger partial charge is 0.366 e. The highest BCUT2D eigenvalue weighted by Gasteiger charge is 2.33. The van der Waals surface area contributed by atoms with Crippen molar-refractivity contribution in [3.63, 3.8) is 0 Å². The van der Waals surface area contributed by atoms with Crippen LogP contribution >= 0.6 is 0 Å². The van der Waals surface area contributed by atoms with Gasteiger partial charge in [-0.15, -0.1) is 0 Å². The van der Waals surface area contributed by atoms with E-state index in [0.29, 0.717) is 90.2 Å². The topological polar surface area (TPSA) is 468 Å². The number of aromatic nitrogens is 10. The molecule has 30 heteroatoms. The van der Waals surface area contributed by atoms with E-state index in [0.717, 1.165) is 70.6 Å². The third-order valence-electron chi connectivity index (χ3n) is 21.4. The van der Waals surface area contributed by atoms with Gasteiger partial charge in [-0.05, 0) is 259 Å². The molecule has 5 aromatic rings. The number of hydrogen-bond acceptors (Lipinski definition) is 24. The second-order valence-electron chi connectivity index (χ2n) is 36.4. The Morgan fingerprint density at radius 3 is 1.02 bits per heavy atom. The molecule has 0 radical (unpaired) electrons. The Kier molecular flexibility index (Phi) is 27.0. The lowest BCUT2D eigenvalue weighted by Gasteiger charge is -2.33. The van der Waals surface area contributed by atoms with Gasteiger partial charge in [0.25, 0.3) is 29.5 Å². The van der Waals surface area contributed by atoms with Crippen LogP contribution < -0.4 is 82.0 Å². The van der Waals surface area contributed by atoms with Crippen LogP contribution in [0.5, 0.6) is 0 Å². The number of H-pyrrole nitrogens is 1. The number of aromatic amines is 1. The summed E-state index contributed by atoms with van der Waals surface area (Å²) in [6, 6.07) is -0.573. The number of primary amides is 5. The number of nitrogens with two attached hydrogens (primary N) is 5. The molecule has 15 atom stereocenters. The van der Waals surface area contributed by atoms with Crippen LogP contribution in [0.2, 0.25) is 0 Å². The van der Waals surface area contributed by atoms with Gasteiger partial charge in [0.2, 0.25) is 29.7 Å². The molecule has 0 spiro atoms. The van der Waals surface area contributed by atoms with Gasteiger partial charge in [0.1, 0.15) is 28.8 Å². The highest BCUT2D eigenvalue weighted by Crippen LogP contribution is 2.37. The first-order valence-corrected chi connectivity index (χ1v) is 40.5. The number of nitrogens with one attached hydrogen (secondary N) is 10. The van der Waals surface area contributed by atoms with Crippen LogP contribution in [-0.4, -0.2) is 137 Å². The summed E-state index contributed by atoms with van der Waals surface area (Å²) >= 11 is 0. The predicted molar refractivity (Wildman–Crippen MR) is 466 cm³/mol. The monoisotopic (exact) mass is 1610 g/mol. The summed E-state index contributed by atoms with van der Waals surface area (Å²) in [7, 11) is 0. The maximum atomic E-state index is 11.8. The Labute approximate surface area is 703 Å². The lowest BCUT2D eigenvalue weighted by molar-refractivity contribution is 0.0989. The number of hydrogen-bond donors (Lipinski definition) is 15. The molecule has 5 aliphatic rings. The third-order valence-corrected chi connectivity index (χ3v) is 21.4. The molecule has 5 aliphatic carbocycles. The van der Waals surface area contributed by atoms with E-state index in [2.05, 4.69) is 153 Å². The Balaban J connectivity index is 0.000000247. The molecule has 5 saturated carbocycles. The smallest absolute Gasteiger partial charge is 0.254 e. The zero-order chi connectivity index (χ0) is 97.1. The molecule has 0 aromatic carbocycles. The Hall–Kier alpha value is -9.25. The molecule has 0 aliphatic heterocycles. The van der Waals surface area contributed by atoms with Gasteiger partial charge in [-0.2, -0.15) is 19.9 Å². The van der Waals surface area contributed by atoms with E-state index >= 15 is 0 Å². The minimum atomic E-state index is -2.27. The van der Waals surface area contributed by atoms with Crippen LogP contribution in [0.3, 0.4) is 0 Å². The molecule has 30 nitrogen and oxygen atoms in total. The summed E-state index contributed by atoms with van der Waals surface area (Å²) in [4.78, 5) is 104. The van der Waals surface area contributed by atoms with Crippen LogP contribution in [0.25, 0.3) is 0 Å². The van der Waals surface area contributed by atoms with Crippen molar-refractivity contribution in [3.05, 3.63) is 64.3 Å². The molecule has 5 amide bonds. The summed E-state index contributed by atoms with van der Waals surface area (Å²) < 4.78 is 102. The van der Waals surface area contributed by atoms with Crippen molar-refractivity contribution < 1.29 is 41.8 Å². The van der Waals surface area contributed by atoms with Crippen LogP contribution in [0.4, 0.5) is 53.0 Å². The number of anilines is 9. The van der Waals surface area contributed by atoms with Crippen LogP contribution in [0.15, 0.2) is 36.0 Å². The molecule has 5 fully saturated rings. The van der Waals surface area contributed by atoms with E-state index in [1.807, 2.05) is 55.4 Å². The molecule has 115 heavy (non-hydrogen) atoms. The normalized spacial score (nSPS) is 29.1. The van der Waals surface area contributed by atoms with Crippen molar-refractivity contribution in [1.29, 1.82) is 0 Å². The van der Waals surface area contributed by atoms with Crippen molar-refractivity contribution >= 4 is 82.5 Å². The first kappa shape index (κ1) is 75.8. The standard InChI is InChI=1S/5C17H29N5O/c5*1-10-6-7-12(8-11(10)2)20-15-13(14(18)23)9-19-16(21-15)22-17(3,4)5/h5*9-12H,6-8H2,1-5H3,(H2,18,23)(H2,19,20,21,22)/t5*10-,11-,12-/m11111/s1/i2*3D3,11D;12D;9D;3D3. The molecular weight excluding hydrogens is 1450 g/mol. The Bertz CT molecular complexity index is 4590. The average molecular weight is 1610 g/mol. The molecular formula is C85H145N25O5. The summed E-state index contributed by atoms with van der Waals surface area (Å²) in [6.07, 6.45) is 18.4. The molecule has 5 aromatic heterocycles. The maximum Gasteiger partial charge on any atom is 0.254 e. The van der Waals surface area contributed by atoms with Crippen molar-refractivity contribution in [1.82, 2.24) is 49.8 Å². The molecule has 0 saturated heterocycles. The van der Waals surface area contributed by atoms with Crippen LogP contribution in [-0.2, 0) is 0 Å². The maximum absolute atomic E-state index is 11.8. The number of carbonyl (C=O) groups is 5. The van der Waals surface area contributed by atoms with Crippen LogP contribution in [0.1, 0.15) is 339 Å². The fourth-order valence-corrected chi connectivity index (χ4v) is 13.9. The highest BCUT2D eigenvalue weighted by molar-refractivity contribution is 5.99. The fourth-order valence-electron chi connectivity index (χ4n) is 13.9. The minimum Gasteiger partial charge on any atom is -0.366 e. The predicted octanol–water partition coefficient (Wildman–Crippen LogP) is 14.5. The number of carbonyl (C=O) groups excluding carboxylic acids is 5. The van der Waals surface area contributed by atoms with Crippen molar-refractivity contribution in [2.24, 2.45) is 92.8 Å². The molecule has 0 unspecified atom stereocenters. The minimum absolute atomic E-state index is 0.0276. The SMILES string of the molecule is [2H]C([2H])([2H])C(C)(C)Nc1ncc(C(N)=O)c(N[C@@H]2CC[C@@H](C)[C@H](C)C2)n1.[2H]C([2H])([2H])C(C)(C)Nc1ncc(C(N)=O)c(N[C@@H]2CC[C@@H](C)[C@]([2H])(C)C2)n1.[2H]C([2H])([2H])C(C)(C)Nc1ncc(C(N)=O)c(N[C@@H]2CC[C@@H](C)[C@]([2H])(C)C2)n1.[2H][C@@]1(Nc2nc(NC(C)(C)C)ncc2C(N)=O)CC[C@@H](C)[C@H](C)C1.[2H]c1nc(NC(C)(C)C)[nH]c(=N[C@@H]2CC[C@@H](C)[C@H](C)C2)c1C(N)=O. The lowest BCUT2D eigenvalue weighted by Crippen LogP contribution is -2.33.